The van der Waals surface area contributed by atoms with Gasteiger partial charge in [-0.3, -0.25) is 0 Å². The van der Waals surface area contributed by atoms with Gasteiger partial charge in [0.15, 0.2) is 0 Å². The Hall–Kier alpha value is -1.19. The number of nitrogens with two attached hydrogens (primary N) is 1. The average Bonchev–Trinajstić information content (AvgIpc) is 3.06. The highest BCUT2D eigenvalue weighted by molar-refractivity contribution is 7.99. The number of hydrogen-bond acceptors (Lipinski definition) is 3. The van der Waals surface area contributed by atoms with Crippen LogP contribution in [0, 0.1) is 0 Å². The smallest absolute Gasteiger partial charge is 0.118 e. The maximum absolute atomic E-state index is 5.84. The molecule has 1 aliphatic carbocycles. The van der Waals surface area contributed by atoms with Crippen molar-refractivity contribution in [2.75, 3.05) is 6.54 Å². The maximum atomic E-state index is 5.84. The number of rotatable bonds is 4. The lowest BCUT2D eigenvalue weighted by Gasteiger charge is -2.12. The Morgan fingerprint density at radius 1 is 1.22 bits per heavy atom. The summed E-state index contributed by atoms with van der Waals surface area (Å²) in [6, 6.07) is 10.7. The number of aryl methyl sites for hydroxylation is 2. The zero-order chi connectivity index (χ0) is 12.4. The van der Waals surface area contributed by atoms with Crippen LogP contribution in [0.4, 0.5) is 0 Å². The van der Waals surface area contributed by atoms with Crippen molar-refractivity contribution in [1.29, 1.82) is 0 Å². The second-order valence-electron chi connectivity index (χ2n) is 4.64. The van der Waals surface area contributed by atoms with Crippen molar-refractivity contribution in [3.8, 4) is 0 Å². The summed E-state index contributed by atoms with van der Waals surface area (Å²) in [6.07, 6.45) is 5.46. The van der Waals surface area contributed by atoms with E-state index in [1.165, 1.54) is 35.3 Å². The normalized spacial score (nSPS) is 15.6. The molecule has 0 amide bonds. The van der Waals surface area contributed by atoms with Gasteiger partial charge in [-0.25, -0.2) is 0 Å². The van der Waals surface area contributed by atoms with Crippen molar-refractivity contribution in [3.05, 3.63) is 53.5 Å². The largest absolute Gasteiger partial charge is 0.468 e. The topological polar surface area (TPSA) is 39.2 Å². The molecule has 0 spiro atoms. The van der Waals surface area contributed by atoms with Crippen LogP contribution in [0.2, 0.25) is 0 Å². The molecular formula is C15H17NOS. The van der Waals surface area contributed by atoms with Crippen molar-refractivity contribution in [2.24, 2.45) is 5.73 Å². The van der Waals surface area contributed by atoms with E-state index in [4.69, 9.17) is 10.2 Å². The predicted molar refractivity (Wildman–Crippen MR) is 74.8 cm³/mol. The van der Waals surface area contributed by atoms with Crippen molar-refractivity contribution in [2.45, 2.75) is 29.4 Å². The summed E-state index contributed by atoms with van der Waals surface area (Å²) >= 11 is 1.79. The summed E-state index contributed by atoms with van der Waals surface area (Å²) in [4.78, 5) is 1.29. The van der Waals surface area contributed by atoms with E-state index in [2.05, 4.69) is 18.2 Å². The summed E-state index contributed by atoms with van der Waals surface area (Å²) in [6.45, 7) is 0.593. The number of fused-ring (bicyclic) bond motifs is 1. The Kier molecular flexibility index (Phi) is 3.43. The summed E-state index contributed by atoms with van der Waals surface area (Å²) in [5, 5.41) is 0.208. The van der Waals surface area contributed by atoms with Gasteiger partial charge in [0.1, 0.15) is 5.76 Å². The fraction of sp³-hybridized carbons (Fsp3) is 0.333. The highest BCUT2D eigenvalue weighted by atomic mass is 32.2. The van der Waals surface area contributed by atoms with E-state index in [9.17, 15) is 0 Å². The van der Waals surface area contributed by atoms with E-state index < -0.39 is 0 Å². The first kappa shape index (κ1) is 11.9. The van der Waals surface area contributed by atoms with E-state index in [1.54, 1.807) is 18.0 Å². The maximum Gasteiger partial charge on any atom is 0.118 e. The van der Waals surface area contributed by atoms with Gasteiger partial charge in [-0.2, -0.15) is 0 Å². The molecule has 0 saturated carbocycles. The van der Waals surface area contributed by atoms with Gasteiger partial charge in [0.05, 0.1) is 11.5 Å². The average molecular weight is 259 g/mol. The number of hydrogen-bond donors (Lipinski definition) is 1. The lowest BCUT2D eigenvalue weighted by molar-refractivity contribution is 0.507. The molecule has 1 aromatic carbocycles. The SMILES string of the molecule is NCC(Sc1ccc2c(c1)CCC2)c1ccco1. The second-order valence-corrected chi connectivity index (χ2v) is 5.92. The van der Waals surface area contributed by atoms with Gasteiger partial charge < -0.3 is 10.2 Å². The third-order valence-electron chi connectivity index (χ3n) is 3.42. The van der Waals surface area contributed by atoms with E-state index in [0.717, 1.165) is 5.76 Å². The summed E-state index contributed by atoms with van der Waals surface area (Å²) in [5.41, 5.74) is 8.87. The van der Waals surface area contributed by atoms with Crippen LogP contribution in [0.25, 0.3) is 0 Å². The van der Waals surface area contributed by atoms with Crippen molar-refractivity contribution in [3.63, 3.8) is 0 Å². The Labute approximate surface area is 112 Å². The van der Waals surface area contributed by atoms with Crippen LogP contribution in [0.15, 0.2) is 45.9 Å². The first-order valence-corrected chi connectivity index (χ1v) is 7.26. The molecule has 2 aromatic rings. The van der Waals surface area contributed by atoms with Crippen molar-refractivity contribution >= 4 is 11.8 Å². The fourth-order valence-corrected chi connectivity index (χ4v) is 3.51. The van der Waals surface area contributed by atoms with Gasteiger partial charge in [-0.1, -0.05) is 6.07 Å². The third kappa shape index (κ3) is 2.33. The Morgan fingerprint density at radius 2 is 2.11 bits per heavy atom. The van der Waals surface area contributed by atoms with E-state index >= 15 is 0 Å². The molecule has 0 fully saturated rings. The number of furan rings is 1. The molecule has 0 aliphatic heterocycles. The third-order valence-corrected chi connectivity index (χ3v) is 4.66. The lowest BCUT2D eigenvalue weighted by atomic mass is 10.1. The van der Waals surface area contributed by atoms with Crippen LogP contribution in [0.5, 0.6) is 0 Å². The summed E-state index contributed by atoms with van der Waals surface area (Å²) in [7, 11) is 0. The predicted octanol–water partition coefficient (Wildman–Crippen LogP) is 3.56. The van der Waals surface area contributed by atoms with E-state index in [1.807, 2.05) is 12.1 Å². The standard InChI is InChI=1S/C15H17NOS/c16-10-15(14-5-2-8-17-14)18-13-7-6-11-3-1-4-12(11)9-13/h2,5-9,15H,1,3-4,10,16H2. The zero-order valence-corrected chi connectivity index (χ0v) is 11.1. The highest BCUT2D eigenvalue weighted by Crippen LogP contribution is 2.36. The molecule has 2 N–H and O–H groups in total. The lowest BCUT2D eigenvalue weighted by Crippen LogP contribution is -2.08. The van der Waals surface area contributed by atoms with Crippen molar-refractivity contribution < 1.29 is 4.42 Å². The van der Waals surface area contributed by atoms with Gasteiger partial charge in [-0.15, -0.1) is 11.8 Å². The van der Waals surface area contributed by atoms with Gasteiger partial charge in [0.2, 0.25) is 0 Å². The molecule has 3 rings (SSSR count). The fourth-order valence-electron chi connectivity index (χ4n) is 2.48. The Balaban J connectivity index is 1.79. The monoisotopic (exact) mass is 259 g/mol. The van der Waals surface area contributed by atoms with Crippen LogP contribution in [-0.2, 0) is 12.8 Å². The van der Waals surface area contributed by atoms with Gasteiger partial charge in [0.25, 0.3) is 0 Å². The Bertz CT molecular complexity index is 521. The minimum absolute atomic E-state index is 0.208. The van der Waals surface area contributed by atoms with Crippen LogP contribution in [0.3, 0.4) is 0 Å². The first-order valence-electron chi connectivity index (χ1n) is 6.39. The summed E-state index contributed by atoms with van der Waals surface area (Å²) < 4.78 is 5.45. The molecule has 1 heterocycles. The van der Waals surface area contributed by atoms with Gasteiger partial charge >= 0.3 is 0 Å². The second kappa shape index (κ2) is 5.21. The molecule has 0 saturated heterocycles. The minimum Gasteiger partial charge on any atom is -0.468 e. The number of thioether (sulfide) groups is 1. The molecule has 0 radical (unpaired) electrons. The molecule has 1 atom stereocenters. The first-order chi connectivity index (χ1) is 8.86. The quantitative estimate of drug-likeness (QED) is 0.853. The van der Waals surface area contributed by atoms with E-state index in [0.29, 0.717) is 6.54 Å². The van der Waals surface area contributed by atoms with Crippen LogP contribution >= 0.6 is 11.8 Å². The molecule has 1 unspecified atom stereocenters. The highest BCUT2D eigenvalue weighted by Gasteiger charge is 2.16. The molecule has 94 valence electrons. The molecule has 1 aliphatic rings. The summed E-state index contributed by atoms with van der Waals surface area (Å²) in [5.74, 6) is 0.961. The zero-order valence-electron chi connectivity index (χ0n) is 10.3. The van der Waals surface area contributed by atoms with Gasteiger partial charge in [-0.05, 0) is 54.7 Å². The van der Waals surface area contributed by atoms with Crippen LogP contribution in [0.1, 0.15) is 28.6 Å². The molecule has 18 heavy (non-hydrogen) atoms. The molecule has 1 aromatic heterocycles. The number of benzene rings is 1. The molecule has 0 bridgehead atoms. The van der Waals surface area contributed by atoms with E-state index in [-0.39, 0.29) is 5.25 Å². The van der Waals surface area contributed by atoms with Gasteiger partial charge in [0, 0.05) is 11.4 Å². The Morgan fingerprint density at radius 3 is 2.89 bits per heavy atom. The van der Waals surface area contributed by atoms with Crippen LogP contribution in [-0.4, -0.2) is 6.54 Å². The molecule has 2 nitrogen and oxygen atoms in total. The van der Waals surface area contributed by atoms with Crippen LogP contribution < -0.4 is 5.73 Å². The molecular weight excluding hydrogens is 242 g/mol. The minimum atomic E-state index is 0.208. The van der Waals surface area contributed by atoms with Crippen molar-refractivity contribution in [1.82, 2.24) is 0 Å². The molecule has 3 heteroatoms.